The predicted octanol–water partition coefficient (Wildman–Crippen LogP) is 0.837. The summed E-state index contributed by atoms with van der Waals surface area (Å²) in [5.74, 6) is 1.09. The van der Waals surface area contributed by atoms with Gasteiger partial charge in [-0.2, -0.15) is 0 Å². The third-order valence-corrected chi connectivity index (χ3v) is 4.49. The van der Waals surface area contributed by atoms with Gasteiger partial charge >= 0.3 is 0 Å². The van der Waals surface area contributed by atoms with E-state index in [9.17, 15) is 14.4 Å². The van der Waals surface area contributed by atoms with E-state index >= 15 is 0 Å². The molecule has 0 spiro atoms. The average molecular weight is 396 g/mol. The zero-order valence-electron chi connectivity index (χ0n) is 15.8. The van der Waals surface area contributed by atoms with Crippen LogP contribution < -0.4 is 21.3 Å². The summed E-state index contributed by atoms with van der Waals surface area (Å²) >= 11 is 0. The van der Waals surface area contributed by atoms with Gasteiger partial charge in [0.05, 0.1) is 11.9 Å². The summed E-state index contributed by atoms with van der Waals surface area (Å²) in [5, 5.41) is 9.31. The standard InChI is InChI=1S/C23H16N4O3/c28-21(14-24-23(30)19-10-5-8-15-6-1-3-9-18(15)19)27-25-13-17-12-16-7-2-4-11-20(16)26-22(17)29/h1-12H,14H2,(H,24,30)(H,27,28). The molecule has 146 valence electrons. The molecule has 0 atom stereocenters. The molecule has 1 aliphatic rings. The maximum atomic E-state index is 12.4. The Balaban J connectivity index is 1.41. The molecule has 0 aromatic heterocycles. The van der Waals surface area contributed by atoms with Gasteiger partial charge in [-0.15, -0.1) is 5.10 Å². The van der Waals surface area contributed by atoms with Crippen LogP contribution in [0.15, 0.2) is 82.4 Å². The smallest absolute Gasteiger partial charge is 0.287 e. The lowest BCUT2D eigenvalue weighted by Crippen LogP contribution is -2.35. The fourth-order valence-corrected chi connectivity index (χ4v) is 3.05. The zero-order valence-corrected chi connectivity index (χ0v) is 15.8. The summed E-state index contributed by atoms with van der Waals surface area (Å²) in [6.45, 7) is -0.270. The highest BCUT2D eigenvalue weighted by Crippen LogP contribution is 2.18. The first-order valence-electron chi connectivity index (χ1n) is 9.19. The monoisotopic (exact) mass is 396 g/mol. The molecule has 3 aromatic carbocycles. The molecule has 0 saturated heterocycles. The lowest BCUT2D eigenvalue weighted by molar-refractivity contribution is -0.120. The molecule has 0 fully saturated rings. The van der Waals surface area contributed by atoms with Crippen LogP contribution in [0.4, 0.5) is 0 Å². The second kappa shape index (κ2) is 8.34. The number of amides is 3. The van der Waals surface area contributed by atoms with Crippen LogP contribution in [0.25, 0.3) is 16.8 Å². The van der Waals surface area contributed by atoms with Crippen LogP contribution in [0.1, 0.15) is 10.4 Å². The summed E-state index contributed by atoms with van der Waals surface area (Å²) in [5.41, 5.74) is 2.86. The van der Waals surface area contributed by atoms with E-state index in [1.807, 2.05) is 42.5 Å². The molecule has 0 bridgehead atoms. The van der Waals surface area contributed by atoms with Crippen LogP contribution in [0.2, 0.25) is 0 Å². The Morgan fingerprint density at radius 3 is 2.63 bits per heavy atom. The molecule has 7 heteroatoms. The van der Waals surface area contributed by atoms with Crippen LogP contribution >= 0.6 is 0 Å². The molecule has 1 aliphatic heterocycles. The van der Waals surface area contributed by atoms with Crippen LogP contribution in [-0.2, 0) is 9.59 Å². The fraction of sp³-hybridized carbons (Fsp3) is 0.0435. The Bertz CT molecular complexity index is 1360. The molecule has 0 unspecified atom stereocenters. The van der Waals surface area contributed by atoms with E-state index in [0.717, 1.165) is 16.0 Å². The largest absolute Gasteiger partial charge is 0.343 e. The number of nitrogens with zero attached hydrogens (tertiary/aromatic N) is 2. The van der Waals surface area contributed by atoms with Crippen LogP contribution in [0.3, 0.4) is 0 Å². The molecule has 7 nitrogen and oxygen atoms in total. The van der Waals surface area contributed by atoms with Crippen molar-refractivity contribution in [1.29, 1.82) is 0 Å². The van der Waals surface area contributed by atoms with Crippen molar-refractivity contribution in [2.45, 2.75) is 0 Å². The Hall–Kier alpha value is -4.35. The average Bonchev–Trinajstić information content (AvgIpc) is 2.77. The van der Waals surface area contributed by atoms with Crippen molar-refractivity contribution in [2.24, 2.45) is 10.1 Å². The molecular formula is C23H16N4O3. The first-order chi connectivity index (χ1) is 14.6. The van der Waals surface area contributed by atoms with E-state index in [0.29, 0.717) is 10.9 Å². The summed E-state index contributed by atoms with van der Waals surface area (Å²) < 4.78 is 0. The van der Waals surface area contributed by atoms with Gasteiger partial charge in [0.2, 0.25) is 0 Å². The first-order valence-corrected chi connectivity index (χ1v) is 9.19. The maximum Gasteiger partial charge on any atom is 0.287 e. The van der Waals surface area contributed by atoms with Gasteiger partial charge in [0.25, 0.3) is 17.7 Å². The normalized spacial score (nSPS) is 12.1. The van der Waals surface area contributed by atoms with E-state index in [1.54, 1.807) is 30.3 Å². The van der Waals surface area contributed by atoms with Crippen molar-refractivity contribution in [3.8, 4) is 0 Å². The number of fused-ring (bicyclic) bond motifs is 2. The third kappa shape index (κ3) is 4.06. The zero-order chi connectivity index (χ0) is 20.9. The number of carbonyl (C=O) groups is 3. The molecule has 4 rings (SSSR count). The molecule has 0 aliphatic carbocycles. The van der Waals surface area contributed by atoms with Crippen LogP contribution in [0.5, 0.6) is 0 Å². The molecule has 2 N–H and O–H groups in total. The highest BCUT2D eigenvalue weighted by molar-refractivity contribution is 6.10. The number of para-hydroxylation sites is 1. The quantitative estimate of drug-likeness (QED) is 0.388. The number of hydrazone groups is 1. The number of nitrogens with one attached hydrogen (secondary N) is 2. The van der Waals surface area contributed by atoms with Crippen molar-refractivity contribution in [3.63, 3.8) is 0 Å². The molecule has 1 heterocycles. The van der Waals surface area contributed by atoms with Crippen molar-refractivity contribution in [3.05, 3.63) is 88.4 Å². The second-order valence-electron chi connectivity index (χ2n) is 6.50. The molecular weight excluding hydrogens is 380 g/mol. The SMILES string of the molecule is O=C(CNC(=O)c1cccc2ccccc12)NN=C=C1C=c2ccccc2=NC1=O. The van der Waals surface area contributed by atoms with Gasteiger partial charge in [0, 0.05) is 16.7 Å². The molecule has 3 aromatic rings. The fourth-order valence-electron chi connectivity index (χ4n) is 3.05. The first kappa shape index (κ1) is 19.0. The molecule has 3 amide bonds. The van der Waals surface area contributed by atoms with Gasteiger partial charge in [0.1, 0.15) is 5.57 Å². The highest BCUT2D eigenvalue weighted by atomic mass is 16.2. The van der Waals surface area contributed by atoms with E-state index < -0.39 is 11.8 Å². The van der Waals surface area contributed by atoms with Crippen molar-refractivity contribution >= 4 is 40.4 Å². The Morgan fingerprint density at radius 1 is 0.967 bits per heavy atom. The van der Waals surface area contributed by atoms with E-state index in [2.05, 4.69) is 26.7 Å². The van der Waals surface area contributed by atoms with Crippen molar-refractivity contribution in [1.82, 2.24) is 10.7 Å². The van der Waals surface area contributed by atoms with Crippen molar-refractivity contribution < 1.29 is 14.4 Å². The lowest BCUT2D eigenvalue weighted by Gasteiger charge is -2.07. The Labute approximate surface area is 171 Å². The van der Waals surface area contributed by atoms with Crippen LogP contribution in [0, 0.1) is 0 Å². The maximum absolute atomic E-state index is 12.4. The summed E-state index contributed by atoms with van der Waals surface area (Å²) in [7, 11) is 0. The number of hydrogen-bond donors (Lipinski definition) is 2. The predicted molar refractivity (Wildman–Crippen MR) is 112 cm³/mol. The van der Waals surface area contributed by atoms with E-state index in [4.69, 9.17) is 0 Å². The van der Waals surface area contributed by atoms with Gasteiger partial charge in [-0.05, 0) is 29.0 Å². The molecule has 0 radical (unpaired) electrons. The summed E-state index contributed by atoms with van der Waals surface area (Å²) in [4.78, 5) is 40.3. The summed E-state index contributed by atoms with van der Waals surface area (Å²) in [6.07, 6.45) is 1.60. The minimum absolute atomic E-state index is 0.133. The van der Waals surface area contributed by atoms with Gasteiger partial charge in [0.15, 0.2) is 0 Å². The van der Waals surface area contributed by atoms with Gasteiger partial charge < -0.3 is 5.32 Å². The highest BCUT2D eigenvalue weighted by Gasteiger charge is 2.12. The summed E-state index contributed by atoms with van der Waals surface area (Å²) in [6, 6.07) is 20.1. The minimum atomic E-state index is -0.544. The van der Waals surface area contributed by atoms with Crippen LogP contribution in [-0.4, -0.2) is 30.1 Å². The van der Waals surface area contributed by atoms with Gasteiger partial charge in [-0.25, -0.2) is 10.4 Å². The molecule has 30 heavy (non-hydrogen) atoms. The second-order valence-corrected chi connectivity index (χ2v) is 6.50. The molecule has 0 saturated carbocycles. The number of benzene rings is 3. The topological polar surface area (TPSA) is 100.0 Å². The minimum Gasteiger partial charge on any atom is -0.343 e. The van der Waals surface area contributed by atoms with Gasteiger partial charge in [-0.1, -0.05) is 54.6 Å². The Kier molecular flexibility index (Phi) is 5.28. The van der Waals surface area contributed by atoms with E-state index in [1.165, 1.54) is 0 Å². The van der Waals surface area contributed by atoms with E-state index in [-0.39, 0.29) is 18.0 Å². The number of rotatable bonds is 4. The third-order valence-electron chi connectivity index (χ3n) is 4.49. The van der Waals surface area contributed by atoms with Gasteiger partial charge in [-0.3, -0.25) is 14.4 Å². The lowest BCUT2D eigenvalue weighted by atomic mass is 10.0. The number of hydrogen-bond acceptors (Lipinski definition) is 4. The van der Waals surface area contributed by atoms with Crippen molar-refractivity contribution in [2.75, 3.05) is 6.54 Å². The number of carbonyl (C=O) groups excluding carboxylic acids is 3. The Morgan fingerprint density at radius 2 is 1.73 bits per heavy atom.